The summed E-state index contributed by atoms with van der Waals surface area (Å²) in [7, 11) is 1.31. The summed E-state index contributed by atoms with van der Waals surface area (Å²) in [6.45, 7) is 1.76. The van der Waals surface area contributed by atoms with Crippen molar-refractivity contribution in [1.29, 1.82) is 0 Å². The molecule has 0 fully saturated rings. The van der Waals surface area contributed by atoms with Crippen LogP contribution in [0.1, 0.15) is 11.3 Å². The SMILES string of the molecule is COC(=O)Cc1c(C)[nH]n(-c2ccccc2)c1=O. The summed E-state index contributed by atoms with van der Waals surface area (Å²) in [5.74, 6) is -0.422. The molecule has 0 bridgehead atoms. The number of aryl methyl sites for hydroxylation is 1. The van der Waals surface area contributed by atoms with Crippen LogP contribution in [0.15, 0.2) is 35.1 Å². The number of aromatic nitrogens is 2. The summed E-state index contributed by atoms with van der Waals surface area (Å²) < 4.78 is 6.00. The maximum absolute atomic E-state index is 12.2. The van der Waals surface area contributed by atoms with Crippen LogP contribution in [0, 0.1) is 6.92 Å². The summed E-state index contributed by atoms with van der Waals surface area (Å²) in [5, 5.41) is 2.96. The quantitative estimate of drug-likeness (QED) is 0.827. The van der Waals surface area contributed by atoms with Gasteiger partial charge in [0.2, 0.25) is 0 Å². The van der Waals surface area contributed by atoms with Gasteiger partial charge in [0.1, 0.15) is 0 Å². The molecule has 0 saturated carbocycles. The topological polar surface area (TPSA) is 64.1 Å². The van der Waals surface area contributed by atoms with Crippen LogP contribution >= 0.6 is 0 Å². The zero-order chi connectivity index (χ0) is 13.1. The third kappa shape index (κ3) is 2.20. The lowest BCUT2D eigenvalue weighted by atomic mass is 10.2. The van der Waals surface area contributed by atoms with Gasteiger partial charge in [-0.05, 0) is 19.1 Å². The molecular formula is C13H14N2O3. The van der Waals surface area contributed by atoms with Crippen molar-refractivity contribution in [2.45, 2.75) is 13.3 Å². The van der Waals surface area contributed by atoms with E-state index in [1.165, 1.54) is 11.8 Å². The molecular weight excluding hydrogens is 232 g/mol. The standard InChI is InChI=1S/C13H14N2O3/c1-9-11(8-12(16)18-2)13(17)15(14-9)10-6-4-3-5-7-10/h3-7,14H,8H2,1-2H3. The highest BCUT2D eigenvalue weighted by Gasteiger charge is 2.15. The van der Waals surface area contributed by atoms with E-state index in [0.717, 1.165) is 5.69 Å². The first-order chi connectivity index (χ1) is 8.63. The van der Waals surface area contributed by atoms with E-state index < -0.39 is 5.97 Å². The third-order valence-electron chi connectivity index (χ3n) is 2.76. The van der Waals surface area contributed by atoms with E-state index >= 15 is 0 Å². The monoisotopic (exact) mass is 246 g/mol. The van der Waals surface area contributed by atoms with Gasteiger partial charge < -0.3 is 4.74 Å². The second-order valence-corrected chi connectivity index (χ2v) is 3.94. The van der Waals surface area contributed by atoms with Crippen LogP contribution in [0.4, 0.5) is 0 Å². The molecule has 1 N–H and O–H groups in total. The maximum atomic E-state index is 12.2. The molecule has 18 heavy (non-hydrogen) atoms. The fraction of sp³-hybridized carbons (Fsp3) is 0.231. The Morgan fingerprint density at radius 3 is 2.61 bits per heavy atom. The predicted molar refractivity (Wildman–Crippen MR) is 66.8 cm³/mol. The number of ether oxygens (including phenoxy) is 1. The predicted octanol–water partition coefficient (Wildman–Crippen LogP) is 1.19. The number of esters is 1. The highest BCUT2D eigenvalue weighted by atomic mass is 16.5. The zero-order valence-electron chi connectivity index (χ0n) is 10.3. The number of carbonyl (C=O) groups excluding carboxylic acids is 1. The molecule has 2 rings (SSSR count). The average molecular weight is 246 g/mol. The molecule has 0 aliphatic rings. The van der Waals surface area contributed by atoms with Crippen molar-refractivity contribution >= 4 is 5.97 Å². The largest absolute Gasteiger partial charge is 0.469 e. The number of aromatic amines is 1. The van der Waals surface area contributed by atoms with Crippen molar-refractivity contribution < 1.29 is 9.53 Å². The van der Waals surface area contributed by atoms with E-state index in [2.05, 4.69) is 9.84 Å². The highest BCUT2D eigenvalue weighted by Crippen LogP contribution is 2.07. The van der Waals surface area contributed by atoms with Crippen LogP contribution in [0.5, 0.6) is 0 Å². The number of rotatable bonds is 3. The Bertz CT molecular complexity index is 611. The Morgan fingerprint density at radius 1 is 1.33 bits per heavy atom. The van der Waals surface area contributed by atoms with Gasteiger partial charge in [-0.15, -0.1) is 0 Å². The van der Waals surface area contributed by atoms with E-state index in [4.69, 9.17) is 0 Å². The Hall–Kier alpha value is -2.30. The second kappa shape index (κ2) is 4.91. The van der Waals surface area contributed by atoms with Crippen LogP contribution < -0.4 is 5.56 Å². The van der Waals surface area contributed by atoms with Gasteiger partial charge in [0, 0.05) is 5.69 Å². The zero-order valence-corrected chi connectivity index (χ0v) is 10.3. The van der Waals surface area contributed by atoms with Crippen molar-refractivity contribution in [3.63, 3.8) is 0 Å². The van der Waals surface area contributed by atoms with Gasteiger partial charge >= 0.3 is 5.97 Å². The minimum atomic E-state index is -0.422. The van der Waals surface area contributed by atoms with Crippen molar-refractivity contribution in [3.8, 4) is 5.69 Å². The number of carbonyl (C=O) groups is 1. The van der Waals surface area contributed by atoms with Crippen molar-refractivity contribution in [2.24, 2.45) is 0 Å². The van der Waals surface area contributed by atoms with Gasteiger partial charge in [0.25, 0.3) is 5.56 Å². The van der Waals surface area contributed by atoms with Gasteiger partial charge in [0.15, 0.2) is 0 Å². The first-order valence-corrected chi connectivity index (χ1v) is 5.56. The van der Waals surface area contributed by atoms with E-state index in [-0.39, 0.29) is 12.0 Å². The number of nitrogens with one attached hydrogen (secondary N) is 1. The minimum absolute atomic E-state index is 0.0164. The van der Waals surface area contributed by atoms with Gasteiger partial charge in [-0.3, -0.25) is 14.7 Å². The summed E-state index contributed by atoms with van der Waals surface area (Å²) in [5.41, 5.74) is 1.63. The lowest BCUT2D eigenvalue weighted by molar-refractivity contribution is -0.139. The smallest absolute Gasteiger partial charge is 0.310 e. The summed E-state index contributed by atoms with van der Waals surface area (Å²) in [4.78, 5) is 23.4. The molecule has 0 spiro atoms. The highest BCUT2D eigenvalue weighted by molar-refractivity contribution is 5.72. The van der Waals surface area contributed by atoms with Crippen LogP contribution in [-0.2, 0) is 16.0 Å². The van der Waals surface area contributed by atoms with Gasteiger partial charge in [-0.25, -0.2) is 4.68 Å². The van der Waals surface area contributed by atoms with Gasteiger partial charge in [-0.2, -0.15) is 0 Å². The fourth-order valence-corrected chi connectivity index (χ4v) is 1.76. The normalized spacial score (nSPS) is 10.3. The van der Waals surface area contributed by atoms with Crippen LogP contribution in [0.3, 0.4) is 0 Å². The molecule has 0 aliphatic carbocycles. The van der Waals surface area contributed by atoms with E-state index in [1.54, 1.807) is 6.92 Å². The molecule has 1 heterocycles. The number of para-hydroxylation sites is 1. The summed E-state index contributed by atoms with van der Waals surface area (Å²) in [6.07, 6.45) is -0.0164. The fourth-order valence-electron chi connectivity index (χ4n) is 1.76. The molecule has 5 heteroatoms. The average Bonchev–Trinajstić information content (AvgIpc) is 2.67. The number of hydrogen-bond donors (Lipinski definition) is 1. The third-order valence-corrected chi connectivity index (χ3v) is 2.76. The molecule has 0 aliphatic heterocycles. The lowest BCUT2D eigenvalue weighted by Crippen LogP contribution is -2.19. The molecule has 0 radical (unpaired) electrons. The molecule has 0 atom stereocenters. The Kier molecular flexibility index (Phi) is 3.32. The number of benzene rings is 1. The number of methoxy groups -OCH3 is 1. The van der Waals surface area contributed by atoms with Crippen molar-refractivity contribution in [2.75, 3.05) is 7.11 Å². The Balaban J connectivity index is 2.45. The minimum Gasteiger partial charge on any atom is -0.469 e. The molecule has 1 aromatic carbocycles. The van der Waals surface area contributed by atoms with Crippen molar-refractivity contribution in [3.05, 3.63) is 51.9 Å². The number of H-pyrrole nitrogens is 1. The molecule has 0 unspecified atom stereocenters. The second-order valence-electron chi connectivity index (χ2n) is 3.94. The molecule has 2 aromatic rings. The lowest BCUT2D eigenvalue weighted by Gasteiger charge is -1.99. The van der Waals surface area contributed by atoms with Gasteiger partial charge in [-0.1, -0.05) is 18.2 Å². The van der Waals surface area contributed by atoms with Crippen LogP contribution in [-0.4, -0.2) is 22.9 Å². The maximum Gasteiger partial charge on any atom is 0.310 e. The molecule has 0 saturated heterocycles. The molecule has 1 aromatic heterocycles. The number of hydrogen-bond acceptors (Lipinski definition) is 3. The molecule has 5 nitrogen and oxygen atoms in total. The molecule has 94 valence electrons. The number of nitrogens with zero attached hydrogens (tertiary/aromatic N) is 1. The first kappa shape index (κ1) is 12.2. The summed E-state index contributed by atoms with van der Waals surface area (Å²) >= 11 is 0. The van der Waals surface area contributed by atoms with Gasteiger partial charge in [0.05, 0.1) is 24.8 Å². The molecule has 0 amide bonds. The van der Waals surface area contributed by atoms with E-state index in [9.17, 15) is 9.59 Å². The Morgan fingerprint density at radius 2 is 2.00 bits per heavy atom. The van der Waals surface area contributed by atoms with E-state index in [0.29, 0.717) is 11.3 Å². The Labute approximate surface area is 104 Å². The first-order valence-electron chi connectivity index (χ1n) is 5.56. The summed E-state index contributed by atoms with van der Waals surface area (Å²) in [6, 6.07) is 9.20. The van der Waals surface area contributed by atoms with Crippen LogP contribution in [0.2, 0.25) is 0 Å². The van der Waals surface area contributed by atoms with Crippen LogP contribution in [0.25, 0.3) is 5.69 Å². The van der Waals surface area contributed by atoms with E-state index in [1.807, 2.05) is 30.3 Å². The van der Waals surface area contributed by atoms with Crippen molar-refractivity contribution in [1.82, 2.24) is 9.78 Å².